The smallest absolute Gasteiger partial charge is 0.289 e. The highest BCUT2D eigenvalue weighted by Crippen LogP contribution is 2.28. The zero-order chi connectivity index (χ0) is 43.5. The van der Waals surface area contributed by atoms with E-state index >= 15 is 0 Å². The molecule has 3 aromatic carbocycles. The minimum atomic E-state index is -4.05. The summed E-state index contributed by atoms with van der Waals surface area (Å²) in [6.07, 6.45) is 7.17. The van der Waals surface area contributed by atoms with Gasteiger partial charge in [-0.1, -0.05) is 36.4 Å². The number of ether oxygens (including phenoxy) is 3. The van der Waals surface area contributed by atoms with Gasteiger partial charge in [-0.15, -0.1) is 0 Å². The number of hydrogen-bond acceptors (Lipinski definition) is 15. The summed E-state index contributed by atoms with van der Waals surface area (Å²) in [7, 11) is -5.95. The van der Waals surface area contributed by atoms with Crippen LogP contribution in [0.15, 0.2) is 87.5 Å². The third kappa shape index (κ3) is 17.0. The Balaban J connectivity index is 0.000000220. The summed E-state index contributed by atoms with van der Waals surface area (Å²) in [6.45, 7) is 5.50. The van der Waals surface area contributed by atoms with E-state index in [1.54, 1.807) is 24.3 Å². The highest BCUT2D eigenvalue weighted by atomic mass is 35.7. The molecule has 21 heteroatoms. The molecule has 3 fully saturated rings. The van der Waals surface area contributed by atoms with E-state index in [4.69, 9.17) is 36.4 Å². The Kier molecular flexibility index (Phi) is 20.6. The van der Waals surface area contributed by atoms with Crippen molar-refractivity contribution in [2.45, 2.75) is 66.1 Å². The Morgan fingerprint density at radius 1 is 0.559 bits per heavy atom. The van der Waals surface area contributed by atoms with E-state index in [1.807, 2.05) is 0 Å². The van der Waals surface area contributed by atoms with Gasteiger partial charge in [-0.3, -0.25) is 20.2 Å². The number of nitrogens with two attached hydrogens (primary N) is 2. The van der Waals surface area contributed by atoms with Crippen LogP contribution < -0.4 is 11.5 Å². The molecule has 4 N–H and O–H groups in total. The lowest BCUT2D eigenvalue weighted by molar-refractivity contribution is -0.388. The van der Waals surface area contributed by atoms with Crippen LogP contribution in [0.1, 0.15) is 51.4 Å². The molecule has 0 spiro atoms. The molecular weight excluding hydrogens is 852 g/mol. The van der Waals surface area contributed by atoms with Crippen molar-refractivity contribution < 1.29 is 49.3 Å². The molecule has 0 amide bonds. The van der Waals surface area contributed by atoms with Gasteiger partial charge in [0.2, 0.25) is 0 Å². The second-order valence-electron chi connectivity index (χ2n) is 14.0. The van der Waals surface area contributed by atoms with Crippen LogP contribution in [0.25, 0.3) is 0 Å². The molecule has 328 valence electrons. The number of nitrogen functional groups attached to an aromatic ring is 1. The Bertz CT molecular complexity index is 2120. The Hall–Kier alpha value is -3.76. The molecule has 59 heavy (non-hydrogen) atoms. The van der Waals surface area contributed by atoms with Crippen LogP contribution in [0.2, 0.25) is 0 Å². The van der Waals surface area contributed by atoms with Gasteiger partial charge >= 0.3 is 0 Å². The molecule has 3 aliphatic heterocycles. The monoisotopic (exact) mass is 904 g/mol. The van der Waals surface area contributed by atoms with Crippen LogP contribution >= 0.6 is 10.7 Å². The molecular formula is C38H53ClN4O13S3. The van der Waals surface area contributed by atoms with Gasteiger partial charge in [0, 0.05) is 62.5 Å². The van der Waals surface area contributed by atoms with Crippen molar-refractivity contribution >= 4 is 56.5 Å². The quantitative estimate of drug-likeness (QED) is 0.0922. The summed E-state index contributed by atoms with van der Waals surface area (Å²) in [5, 5.41) is 21.2. The molecule has 0 unspecified atom stereocenters. The molecule has 0 radical (unpaired) electrons. The highest BCUT2D eigenvalue weighted by molar-refractivity contribution is 8.13. The molecule has 6 rings (SSSR count). The second-order valence-corrected chi connectivity index (χ2v) is 20.7. The molecule has 3 aromatic rings. The first-order valence-electron chi connectivity index (χ1n) is 19.1. The number of nitro groups is 2. The number of nitro benzene ring substituents is 2. The zero-order valence-corrected chi connectivity index (χ0v) is 35.8. The molecule has 3 heterocycles. The molecule has 0 aromatic heterocycles. The van der Waals surface area contributed by atoms with Crippen molar-refractivity contribution in [1.82, 2.24) is 0 Å². The fourth-order valence-corrected chi connectivity index (χ4v) is 10.6. The lowest BCUT2D eigenvalue weighted by atomic mass is 9.98. The van der Waals surface area contributed by atoms with Crippen LogP contribution in [0.5, 0.6) is 0 Å². The number of hydrogen-bond donors (Lipinski definition) is 2. The van der Waals surface area contributed by atoms with Gasteiger partial charge in [0.25, 0.3) is 20.4 Å². The summed E-state index contributed by atoms with van der Waals surface area (Å²) in [5.74, 6) is 1.64. The third-order valence-electron chi connectivity index (χ3n) is 9.92. The maximum atomic E-state index is 12.3. The maximum absolute atomic E-state index is 12.3. The number of halogens is 1. The molecule has 0 bridgehead atoms. The first-order valence-corrected chi connectivity index (χ1v) is 24.7. The number of rotatable bonds is 12. The molecule has 0 aliphatic carbocycles. The van der Waals surface area contributed by atoms with Crippen LogP contribution in [-0.4, -0.2) is 92.8 Å². The summed E-state index contributed by atoms with van der Waals surface area (Å²) in [6, 6.07) is 17.0. The molecule has 3 aliphatic rings. The van der Waals surface area contributed by atoms with E-state index in [9.17, 15) is 45.5 Å². The Morgan fingerprint density at radius 3 is 1.25 bits per heavy atom. The summed E-state index contributed by atoms with van der Waals surface area (Å²) in [4.78, 5) is 19.4. The van der Waals surface area contributed by atoms with Crippen LogP contribution in [0.4, 0.5) is 17.1 Å². The summed E-state index contributed by atoms with van der Waals surface area (Å²) >= 11 is 0. The molecule has 3 saturated heterocycles. The van der Waals surface area contributed by atoms with Crippen molar-refractivity contribution in [2.24, 2.45) is 23.5 Å². The fourth-order valence-electron chi connectivity index (χ4n) is 6.36. The maximum Gasteiger partial charge on any atom is 0.289 e. The standard InChI is InChI=1S/C13H17NO5S.C13H19NO3S.C6H4ClNO4S.C6H13NO/c15-14(16)12-3-1-2-4-13(12)20(17,18)10-7-11-5-8-19-9-6-11;14-12-3-1-2-4-13(12)18(15,16)10-7-11-5-8-17-9-6-11;7-13(11,12)6-4-2-1-3-5(6)8(9)10;7-5-6-1-3-8-4-2-6/h1-4,11H,5-10H2;1-4,11H,5-10,14H2;1-4H;6H,1-5,7H2. The van der Waals surface area contributed by atoms with Crippen molar-refractivity contribution in [1.29, 1.82) is 0 Å². The van der Waals surface area contributed by atoms with E-state index in [0.717, 1.165) is 89.5 Å². The van der Waals surface area contributed by atoms with E-state index < -0.39 is 49.2 Å². The summed E-state index contributed by atoms with van der Waals surface area (Å²) in [5.41, 5.74) is 10.6. The van der Waals surface area contributed by atoms with E-state index in [2.05, 4.69) is 0 Å². The Labute approximate surface area is 350 Å². The largest absolute Gasteiger partial charge is 0.398 e. The number of para-hydroxylation sites is 3. The number of anilines is 1. The lowest BCUT2D eigenvalue weighted by Crippen LogP contribution is -2.22. The SMILES string of the molecule is NCC1CCOCC1.Nc1ccccc1S(=O)(=O)CCC1CCOCC1.O=[N+]([O-])c1ccccc1S(=O)(=O)CCC1CCOCC1.O=[N+]([O-])c1ccccc1S(=O)(=O)Cl. The van der Waals surface area contributed by atoms with Crippen molar-refractivity contribution in [2.75, 3.05) is 63.4 Å². The zero-order valence-electron chi connectivity index (χ0n) is 32.6. The van der Waals surface area contributed by atoms with Gasteiger partial charge in [0.05, 0.1) is 31.9 Å². The predicted molar refractivity (Wildman–Crippen MR) is 223 cm³/mol. The number of benzene rings is 3. The average molecular weight is 906 g/mol. The van der Waals surface area contributed by atoms with Crippen molar-refractivity contribution in [3.8, 4) is 0 Å². The predicted octanol–water partition coefficient (Wildman–Crippen LogP) is 5.94. The normalized spacial score (nSPS) is 16.8. The van der Waals surface area contributed by atoms with E-state index in [1.165, 1.54) is 36.4 Å². The molecule has 0 saturated carbocycles. The minimum Gasteiger partial charge on any atom is -0.398 e. The van der Waals surface area contributed by atoms with Gasteiger partial charge in [0.1, 0.15) is 4.90 Å². The van der Waals surface area contributed by atoms with Crippen LogP contribution in [-0.2, 0) is 42.9 Å². The van der Waals surface area contributed by atoms with Crippen molar-refractivity contribution in [3.63, 3.8) is 0 Å². The number of nitrogens with zero attached hydrogens (tertiary/aromatic N) is 2. The first-order chi connectivity index (χ1) is 28.0. The Morgan fingerprint density at radius 2 is 0.898 bits per heavy atom. The van der Waals surface area contributed by atoms with Gasteiger partial charge in [-0.05, 0) is 99.9 Å². The lowest BCUT2D eigenvalue weighted by Gasteiger charge is -2.21. The van der Waals surface area contributed by atoms with Gasteiger partial charge in [0.15, 0.2) is 24.6 Å². The summed E-state index contributed by atoms with van der Waals surface area (Å²) < 4.78 is 86.2. The second kappa shape index (κ2) is 24.5. The van der Waals surface area contributed by atoms with Gasteiger partial charge < -0.3 is 25.7 Å². The van der Waals surface area contributed by atoms with Gasteiger partial charge in [-0.2, -0.15) is 0 Å². The fraction of sp³-hybridized carbons (Fsp3) is 0.526. The number of sulfone groups is 2. The van der Waals surface area contributed by atoms with Crippen molar-refractivity contribution in [3.05, 3.63) is 93.0 Å². The minimum absolute atomic E-state index is 0.0531. The first kappa shape index (κ1) is 49.6. The van der Waals surface area contributed by atoms with Crippen LogP contribution in [0.3, 0.4) is 0 Å². The van der Waals surface area contributed by atoms with Gasteiger partial charge in [-0.25, -0.2) is 25.3 Å². The van der Waals surface area contributed by atoms with E-state index in [0.29, 0.717) is 43.6 Å². The molecule has 17 nitrogen and oxygen atoms in total. The van der Waals surface area contributed by atoms with Crippen LogP contribution in [0, 0.1) is 38.0 Å². The third-order valence-corrected chi connectivity index (χ3v) is 14.9. The average Bonchev–Trinajstić information content (AvgIpc) is 3.24. The molecule has 0 atom stereocenters. The highest BCUT2D eigenvalue weighted by Gasteiger charge is 2.27. The topological polar surface area (TPSA) is 268 Å². The van der Waals surface area contributed by atoms with E-state index in [-0.39, 0.29) is 27.0 Å².